The molecule has 2 N–H and O–H groups in total. The van der Waals surface area contributed by atoms with E-state index in [1.54, 1.807) is 0 Å². The first-order chi connectivity index (χ1) is 16.7. The van der Waals surface area contributed by atoms with Crippen LogP contribution in [-0.2, 0) is 14.3 Å². The maximum absolute atomic E-state index is 13.4. The molecule has 2 bridgehead atoms. The molecule has 0 aliphatic heterocycles. The van der Waals surface area contributed by atoms with E-state index in [0.29, 0.717) is 0 Å². The van der Waals surface area contributed by atoms with Crippen molar-refractivity contribution in [1.82, 2.24) is 10.2 Å². The van der Waals surface area contributed by atoms with Gasteiger partial charge in [0.05, 0.1) is 5.92 Å². The lowest BCUT2D eigenvalue weighted by Gasteiger charge is -2.38. The molecule has 0 spiro atoms. The van der Waals surface area contributed by atoms with Gasteiger partial charge in [0.2, 0.25) is 5.91 Å². The second kappa shape index (κ2) is 8.70. The van der Waals surface area contributed by atoms with Crippen molar-refractivity contribution in [1.29, 1.82) is 0 Å². The number of likely N-dealkylation sites (N-methyl/N-ethyl adjacent to an activating group) is 1. The second-order valence-corrected chi connectivity index (χ2v) is 10.6. The molecule has 2 amide bonds. The molecular weight excluding hydrogens is 444 g/mol. The van der Waals surface area contributed by atoms with Gasteiger partial charge in [-0.05, 0) is 67.2 Å². The predicted molar refractivity (Wildman–Crippen MR) is 131 cm³/mol. The number of amides is 2. The van der Waals surface area contributed by atoms with E-state index in [0.717, 1.165) is 30.4 Å². The first-order valence-electron chi connectivity index (χ1n) is 12.3. The van der Waals surface area contributed by atoms with Crippen molar-refractivity contribution in [3.05, 3.63) is 59.7 Å². The number of benzene rings is 2. The lowest BCUT2D eigenvalue weighted by atomic mass is 9.82. The molecule has 35 heavy (non-hydrogen) atoms. The fraction of sp³-hybridized carbons (Fsp3) is 0.464. The van der Waals surface area contributed by atoms with Crippen LogP contribution in [0.1, 0.15) is 50.2 Å². The number of nitrogens with zero attached hydrogens (tertiary/aromatic N) is 1. The quantitative estimate of drug-likeness (QED) is 0.650. The SMILES string of the molecule is CN(C(=O)C1C2CCC(C2)C1NC(=O)OCC1c2ccccc2-c2ccccc21)C(C)(C)C(=O)O. The number of ether oxygens (including phenoxy) is 1. The summed E-state index contributed by atoms with van der Waals surface area (Å²) in [5.74, 6) is -1.40. The monoisotopic (exact) mass is 476 g/mol. The van der Waals surface area contributed by atoms with Crippen molar-refractivity contribution in [2.45, 2.75) is 50.6 Å². The van der Waals surface area contributed by atoms with Crippen LogP contribution < -0.4 is 5.32 Å². The summed E-state index contributed by atoms with van der Waals surface area (Å²) >= 11 is 0. The van der Waals surface area contributed by atoms with Gasteiger partial charge >= 0.3 is 12.1 Å². The van der Waals surface area contributed by atoms with Crippen molar-refractivity contribution >= 4 is 18.0 Å². The van der Waals surface area contributed by atoms with Crippen LogP contribution in [0.5, 0.6) is 0 Å². The number of carboxylic acids is 1. The Kier molecular flexibility index (Phi) is 5.82. The summed E-state index contributed by atoms with van der Waals surface area (Å²) in [5.41, 5.74) is 3.30. The molecule has 7 nitrogen and oxygen atoms in total. The fourth-order valence-electron chi connectivity index (χ4n) is 6.27. The molecule has 2 saturated carbocycles. The molecule has 2 aromatic carbocycles. The smallest absolute Gasteiger partial charge is 0.407 e. The highest BCUT2D eigenvalue weighted by atomic mass is 16.5. The van der Waals surface area contributed by atoms with E-state index in [1.165, 1.54) is 36.9 Å². The van der Waals surface area contributed by atoms with Gasteiger partial charge in [-0.1, -0.05) is 48.5 Å². The predicted octanol–water partition coefficient (Wildman–Crippen LogP) is 4.26. The molecule has 2 fully saturated rings. The molecule has 0 heterocycles. The number of carbonyl (C=O) groups excluding carboxylic acids is 2. The molecule has 0 aromatic heterocycles. The Hall–Kier alpha value is -3.35. The third-order valence-electron chi connectivity index (χ3n) is 8.52. The van der Waals surface area contributed by atoms with E-state index >= 15 is 0 Å². The number of fused-ring (bicyclic) bond motifs is 5. The number of rotatable bonds is 6. The summed E-state index contributed by atoms with van der Waals surface area (Å²) in [6.45, 7) is 3.26. The molecule has 3 aliphatic carbocycles. The normalized spacial score (nSPS) is 24.5. The zero-order chi connectivity index (χ0) is 24.9. The molecule has 0 saturated heterocycles. The van der Waals surface area contributed by atoms with E-state index < -0.39 is 23.5 Å². The van der Waals surface area contributed by atoms with Gasteiger partial charge in [-0.2, -0.15) is 0 Å². The van der Waals surface area contributed by atoms with Gasteiger partial charge in [0.1, 0.15) is 12.1 Å². The zero-order valence-corrected chi connectivity index (χ0v) is 20.4. The van der Waals surface area contributed by atoms with Crippen LogP contribution in [0.2, 0.25) is 0 Å². The van der Waals surface area contributed by atoms with E-state index in [1.807, 2.05) is 24.3 Å². The van der Waals surface area contributed by atoms with Gasteiger partial charge in [-0.3, -0.25) is 4.79 Å². The largest absolute Gasteiger partial charge is 0.480 e. The summed E-state index contributed by atoms with van der Waals surface area (Å²) in [5, 5.41) is 12.6. The maximum atomic E-state index is 13.4. The van der Waals surface area contributed by atoms with Crippen molar-refractivity contribution in [2.24, 2.45) is 17.8 Å². The van der Waals surface area contributed by atoms with Gasteiger partial charge < -0.3 is 20.1 Å². The van der Waals surface area contributed by atoms with Crippen molar-refractivity contribution < 1.29 is 24.2 Å². The number of carbonyl (C=O) groups is 3. The molecule has 184 valence electrons. The highest BCUT2D eigenvalue weighted by molar-refractivity contribution is 5.88. The van der Waals surface area contributed by atoms with Gasteiger partial charge in [0.15, 0.2) is 0 Å². The van der Waals surface area contributed by atoms with E-state index in [-0.39, 0.29) is 36.3 Å². The molecule has 5 rings (SSSR count). The van der Waals surface area contributed by atoms with Crippen LogP contribution in [0.25, 0.3) is 11.1 Å². The molecule has 0 radical (unpaired) electrons. The van der Waals surface area contributed by atoms with Gasteiger partial charge in [-0.25, -0.2) is 9.59 Å². The average molecular weight is 477 g/mol. The van der Waals surface area contributed by atoms with Crippen LogP contribution in [0.3, 0.4) is 0 Å². The Labute approximate surface area is 205 Å². The van der Waals surface area contributed by atoms with Crippen molar-refractivity contribution in [3.8, 4) is 11.1 Å². The third-order valence-corrected chi connectivity index (χ3v) is 8.52. The van der Waals surface area contributed by atoms with E-state index in [9.17, 15) is 19.5 Å². The molecular formula is C28H32N2O5. The van der Waals surface area contributed by atoms with Crippen LogP contribution in [0.4, 0.5) is 4.79 Å². The summed E-state index contributed by atoms with van der Waals surface area (Å²) < 4.78 is 5.73. The molecule has 2 aromatic rings. The van der Waals surface area contributed by atoms with Crippen LogP contribution in [0.15, 0.2) is 48.5 Å². The minimum Gasteiger partial charge on any atom is -0.480 e. The Morgan fingerprint density at radius 2 is 1.57 bits per heavy atom. The Balaban J connectivity index is 1.28. The topological polar surface area (TPSA) is 95.9 Å². The second-order valence-electron chi connectivity index (χ2n) is 10.6. The van der Waals surface area contributed by atoms with Crippen molar-refractivity contribution in [2.75, 3.05) is 13.7 Å². The average Bonchev–Trinajstić information content (AvgIpc) is 3.54. The highest BCUT2D eigenvalue weighted by Gasteiger charge is 2.54. The first-order valence-corrected chi connectivity index (χ1v) is 12.3. The minimum absolute atomic E-state index is 0.0342. The zero-order valence-electron chi connectivity index (χ0n) is 20.4. The Morgan fingerprint density at radius 3 is 2.17 bits per heavy atom. The number of hydrogen-bond acceptors (Lipinski definition) is 4. The number of alkyl carbamates (subject to hydrolysis) is 1. The van der Waals surface area contributed by atoms with Crippen LogP contribution in [-0.4, -0.2) is 53.2 Å². The summed E-state index contributed by atoms with van der Waals surface area (Å²) in [4.78, 5) is 39.4. The lowest BCUT2D eigenvalue weighted by Crippen LogP contribution is -2.57. The Morgan fingerprint density at radius 1 is 1.00 bits per heavy atom. The molecule has 4 unspecified atom stereocenters. The standard InChI is InChI=1S/C28H32N2O5/c1-28(2,26(32)33)30(3)25(31)23-16-12-13-17(14-16)24(23)29-27(34)35-15-22-20-10-6-4-8-18(20)19-9-5-7-11-21(19)22/h4-11,16-17,22-24H,12-15H2,1-3H3,(H,29,34)(H,32,33). The van der Waals surface area contributed by atoms with Crippen LogP contribution >= 0.6 is 0 Å². The number of hydrogen-bond donors (Lipinski definition) is 2. The summed E-state index contributed by atoms with van der Waals surface area (Å²) in [6, 6.07) is 16.0. The number of aliphatic carboxylic acids is 1. The lowest BCUT2D eigenvalue weighted by molar-refractivity contribution is -0.158. The van der Waals surface area contributed by atoms with Gasteiger partial charge in [0.25, 0.3) is 0 Å². The molecule has 3 aliphatic rings. The van der Waals surface area contributed by atoms with Gasteiger partial charge in [0, 0.05) is 19.0 Å². The van der Waals surface area contributed by atoms with Crippen LogP contribution in [0, 0.1) is 17.8 Å². The molecule has 7 heteroatoms. The number of nitrogens with one attached hydrogen (secondary N) is 1. The first kappa shape index (κ1) is 23.4. The van der Waals surface area contributed by atoms with Gasteiger partial charge in [-0.15, -0.1) is 0 Å². The third kappa shape index (κ3) is 3.87. The maximum Gasteiger partial charge on any atom is 0.407 e. The van der Waals surface area contributed by atoms with Crippen molar-refractivity contribution in [3.63, 3.8) is 0 Å². The van der Waals surface area contributed by atoms with E-state index in [4.69, 9.17) is 4.74 Å². The molecule has 4 atom stereocenters. The minimum atomic E-state index is -1.33. The summed E-state index contributed by atoms with van der Waals surface area (Å²) in [7, 11) is 1.53. The summed E-state index contributed by atoms with van der Waals surface area (Å²) in [6.07, 6.45) is 2.22. The highest BCUT2D eigenvalue weighted by Crippen LogP contribution is 2.49. The van der Waals surface area contributed by atoms with E-state index in [2.05, 4.69) is 29.6 Å². The fourth-order valence-corrected chi connectivity index (χ4v) is 6.27. The Bertz CT molecular complexity index is 1130. The number of carboxylic acid groups (broad SMARTS) is 1.